The van der Waals surface area contributed by atoms with Gasteiger partial charge in [0.1, 0.15) is 18.5 Å². The maximum absolute atomic E-state index is 14.7. The maximum Gasteiger partial charge on any atom is 0.460 e. The fourth-order valence-corrected chi connectivity index (χ4v) is 4.40. The van der Waals surface area contributed by atoms with Crippen LogP contribution in [-0.4, -0.2) is 96.4 Å². The number of nitrogens with zero attached hydrogens (tertiary/aromatic N) is 1. The fraction of sp³-hybridized carbons (Fsp3) is 0.704. The first kappa shape index (κ1) is 40.0. The third-order valence-corrected chi connectivity index (χ3v) is 7.08. The van der Waals surface area contributed by atoms with E-state index in [9.17, 15) is 71.8 Å². The molecule has 1 aromatic rings. The Bertz CT molecular complexity index is 1190. The van der Waals surface area contributed by atoms with E-state index in [2.05, 4.69) is 0 Å². The number of carboxylic acid groups (broad SMARTS) is 1. The third-order valence-electron chi connectivity index (χ3n) is 7.08. The molecule has 1 N–H and O–H groups in total. The number of carbonyl (C=O) groups excluding carboxylic acids is 1. The molecule has 20 heteroatoms. The Balaban J connectivity index is 2.28. The van der Waals surface area contributed by atoms with Crippen molar-refractivity contribution in [3.8, 4) is 5.75 Å². The molecule has 0 heterocycles. The van der Waals surface area contributed by atoms with Gasteiger partial charge < -0.3 is 19.3 Å². The molecule has 270 valence electrons. The van der Waals surface area contributed by atoms with Crippen LogP contribution < -0.4 is 4.74 Å². The highest BCUT2D eigenvalue weighted by Crippen LogP contribution is 2.60. The molecule has 0 aromatic heterocycles. The molecular weight excluding hydrogens is 681 g/mol. The van der Waals surface area contributed by atoms with E-state index in [0.29, 0.717) is 24.8 Å². The summed E-state index contributed by atoms with van der Waals surface area (Å²) < 4.78 is 192. The van der Waals surface area contributed by atoms with Gasteiger partial charge in [0.15, 0.2) is 6.10 Å². The molecular formula is C27H30F13NO6. The lowest BCUT2D eigenvalue weighted by Gasteiger charge is -2.40. The van der Waals surface area contributed by atoms with E-state index in [1.54, 1.807) is 6.92 Å². The largest absolute Gasteiger partial charge is 0.492 e. The molecule has 1 aliphatic rings. The molecule has 1 amide bonds. The quantitative estimate of drug-likeness (QED) is 0.178. The first-order chi connectivity index (χ1) is 21.4. The van der Waals surface area contributed by atoms with E-state index in [1.165, 1.54) is 24.3 Å². The van der Waals surface area contributed by atoms with Gasteiger partial charge in [-0.05, 0) is 50.3 Å². The van der Waals surface area contributed by atoms with Crippen LogP contribution in [0.3, 0.4) is 0 Å². The van der Waals surface area contributed by atoms with Crippen molar-refractivity contribution in [2.75, 3.05) is 26.3 Å². The predicted molar refractivity (Wildman–Crippen MR) is 134 cm³/mol. The maximum atomic E-state index is 14.7. The summed E-state index contributed by atoms with van der Waals surface area (Å²) in [6, 6.07) is 5.17. The Labute approximate surface area is 258 Å². The van der Waals surface area contributed by atoms with Crippen LogP contribution >= 0.6 is 0 Å². The lowest BCUT2D eigenvalue weighted by Crippen LogP contribution is -2.71. The van der Waals surface area contributed by atoms with Crippen molar-refractivity contribution in [2.24, 2.45) is 0 Å². The van der Waals surface area contributed by atoms with Gasteiger partial charge in [-0.15, -0.1) is 0 Å². The highest BCUT2D eigenvalue weighted by Gasteiger charge is 2.90. The molecule has 47 heavy (non-hydrogen) atoms. The van der Waals surface area contributed by atoms with E-state index in [4.69, 9.17) is 14.2 Å². The van der Waals surface area contributed by atoms with Crippen molar-refractivity contribution in [3.63, 3.8) is 0 Å². The zero-order valence-corrected chi connectivity index (χ0v) is 24.4. The average Bonchev–Trinajstić information content (AvgIpc) is 2.96. The Morgan fingerprint density at radius 2 is 1.36 bits per heavy atom. The number of amides is 1. The highest BCUT2D eigenvalue weighted by atomic mass is 19.4. The summed E-state index contributed by atoms with van der Waals surface area (Å²) in [4.78, 5) is 23.5. The first-order valence-electron chi connectivity index (χ1n) is 13.9. The van der Waals surface area contributed by atoms with Crippen molar-refractivity contribution in [3.05, 3.63) is 29.8 Å². The van der Waals surface area contributed by atoms with Crippen LogP contribution in [0.4, 0.5) is 61.9 Å². The van der Waals surface area contributed by atoms with Gasteiger partial charge in [0, 0.05) is 13.0 Å². The van der Waals surface area contributed by atoms with Crippen LogP contribution in [0.1, 0.15) is 44.6 Å². The molecule has 2 rings (SSSR count). The molecule has 1 aromatic carbocycles. The molecule has 1 aliphatic carbocycles. The minimum atomic E-state index is -8.07. The highest BCUT2D eigenvalue weighted by molar-refractivity contribution is 5.72. The minimum absolute atomic E-state index is 0.0738. The normalized spacial score (nSPS) is 16.5. The van der Waals surface area contributed by atoms with Crippen LogP contribution in [0.15, 0.2) is 24.3 Å². The second-order valence-corrected chi connectivity index (χ2v) is 10.5. The summed E-state index contributed by atoms with van der Waals surface area (Å²) in [6.45, 7) is -3.28. The summed E-state index contributed by atoms with van der Waals surface area (Å²) in [5, 5.41) is 9.17. The number of carbonyl (C=O) groups is 2. The van der Waals surface area contributed by atoms with E-state index in [-0.39, 0.29) is 36.5 Å². The van der Waals surface area contributed by atoms with Crippen molar-refractivity contribution >= 4 is 12.1 Å². The zero-order chi connectivity index (χ0) is 36.1. The molecule has 1 fully saturated rings. The zero-order valence-electron chi connectivity index (χ0n) is 24.4. The van der Waals surface area contributed by atoms with E-state index in [1.807, 2.05) is 0 Å². The average molecular weight is 712 g/mol. The van der Waals surface area contributed by atoms with E-state index in [0.717, 1.165) is 0 Å². The minimum Gasteiger partial charge on any atom is -0.492 e. The standard InChI is InChI=1S/C27H30F13NO6/c1-2-45-19(20(42)43)14-16-8-10-17(11-9-16)46-13-12-41(21(44)47-18-6-4-3-5-7-18)15-22(28,29)23(30,31)24(32,33)25(34,35)26(36,37)27(38,39)40/h8-11,18-19H,2-7,12-15H2,1H3,(H,42,43). The van der Waals surface area contributed by atoms with Gasteiger partial charge in [0.25, 0.3) is 0 Å². The number of alkyl halides is 13. The van der Waals surface area contributed by atoms with Gasteiger partial charge in [-0.3, -0.25) is 4.90 Å². The SMILES string of the molecule is CCOC(Cc1ccc(OCCN(CC(F)(F)C(F)(F)C(F)(F)C(F)(F)C(F)(F)C(F)(F)F)C(=O)OC2CCCCC2)cc1)C(=O)O. The summed E-state index contributed by atoms with van der Waals surface area (Å²) in [5.74, 6) is -39.4. The van der Waals surface area contributed by atoms with Gasteiger partial charge in [0.2, 0.25) is 0 Å². The molecule has 1 saturated carbocycles. The summed E-state index contributed by atoms with van der Waals surface area (Å²) in [7, 11) is 0. The number of hydrogen-bond acceptors (Lipinski definition) is 5. The number of aliphatic carboxylic acids is 1. The lowest BCUT2D eigenvalue weighted by molar-refractivity contribution is -0.440. The van der Waals surface area contributed by atoms with Crippen LogP contribution in [0.5, 0.6) is 5.75 Å². The van der Waals surface area contributed by atoms with Crippen LogP contribution in [-0.2, 0) is 20.7 Å². The molecule has 0 bridgehead atoms. The van der Waals surface area contributed by atoms with Gasteiger partial charge in [-0.1, -0.05) is 18.6 Å². The predicted octanol–water partition coefficient (Wildman–Crippen LogP) is 7.61. The first-order valence-corrected chi connectivity index (χ1v) is 13.9. The molecule has 0 saturated heterocycles. The number of ether oxygens (including phenoxy) is 3. The second kappa shape index (κ2) is 14.9. The number of halogens is 13. The smallest absolute Gasteiger partial charge is 0.460 e. The van der Waals surface area contributed by atoms with E-state index < -0.39 is 79.8 Å². The monoisotopic (exact) mass is 711 g/mol. The molecule has 1 atom stereocenters. The van der Waals surface area contributed by atoms with Gasteiger partial charge >= 0.3 is 47.9 Å². The number of carboxylic acids is 1. The number of hydrogen-bond donors (Lipinski definition) is 1. The third kappa shape index (κ3) is 8.84. The van der Waals surface area contributed by atoms with Gasteiger partial charge in [0.05, 0.1) is 13.1 Å². The van der Waals surface area contributed by atoms with E-state index >= 15 is 0 Å². The Hall–Kier alpha value is -3.19. The molecule has 0 radical (unpaired) electrons. The Kier molecular flexibility index (Phi) is 12.7. The number of benzene rings is 1. The molecule has 0 spiro atoms. The van der Waals surface area contributed by atoms with Crippen LogP contribution in [0.25, 0.3) is 0 Å². The summed E-state index contributed by atoms with van der Waals surface area (Å²) >= 11 is 0. The molecule has 7 nitrogen and oxygen atoms in total. The molecule has 0 aliphatic heterocycles. The lowest BCUT2D eigenvalue weighted by atomic mass is 9.93. The van der Waals surface area contributed by atoms with Crippen molar-refractivity contribution in [1.29, 1.82) is 0 Å². The van der Waals surface area contributed by atoms with Gasteiger partial charge in [-0.25, -0.2) is 9.59 Å². The second-order valence-electron chi connectivity index (χ2n) is 10.5. The topological polar surface area (TPSA) is 85.3 Å². The van der Waals surface area contributed by atoms with Crippen molar-refractivity contribution in [2.45, 2.75) is 93.4 Å². The Morgan fingerprint density at radius 3 is 1.85 bits per heavy atom. The van der Waals surface area contributed by atoms with Crippen LogP contribution in [0.2, 0.25) is 0 Å². The van der Waals surface area contributed by atoms with Gasteiger partial charge in [-0.2, -0.15) is 57.1 Å². The number of rotatable bonds is 16. The Morgan fingerprint density at radius 1 is 0.830 bits per heavy atom. The van der Waals surface area contributed by atoms with Crippen molar-refractivity contribution in [1.82, 2.24) is 4.90 Å². The van der Waals surface area contributed by atoms with Crippen molar-refractivity contribution < 1.29 is 86.0 Å². The summed E-state index contributed by atoms with van der Waals surface area (Å²) in [6.07, 6.45) is -9.62. The molecule has 1 unspecified atom stereocenters. The van der Waals surface area contributed by atoms with Crippen LogP contribution in [0, 0.1) is 0 Å². The fourth-order valence-electron chi connectivity index (χ4n) is 4.40. The summed E-state index contributed by atoms with van der Waals surface area (Å²) in [5.41, 5.74) is 0.423.